The minimum atomic E-state index is -0.362. The molecule has 1 aliphatic rings. The van der Waals surface area contributed by atoms with Crippen LogP contribution in [0.5, 0.6) is 11.5 Å². The van der Waals surface area contributed by atoms with Crippen LogP contribution in [-0.4, -0.2) is 55.2 Å². The molecule has 0 radical (unpaired) electrons. The lowest BCUT2D eigenvalue weighted by Crippen LogP contribution is -2.36. The molecule has 9 nitrogen and oxygen atoms in total. The number of aromatic nitrogens is 2. The summed E-state index contributed by atoms with van der Waals surface area (Å²) in [5, 5.41) is 7.06. The number of nitrogens with one attached hydrogen (secondary N) is 1. The van der Waals surface area contributed by atoms with Gasteiger partial charge in [0, 0.05) is 37.6 Å². The summed E-state index contributed by atoms with van der Waals surface area (Å²) >= 11 is 0. The van der Waals surface area contributed by atoms with Crippen molar-refractivity contribution >= 4 is 17.3 Å². The lowest BCUT2D eigenvalue weighted by atomic mass is 10.2. The normalized spacial score (nSPS) is 13.8. The molecule has 1 N–H and O–H groups in total. The van der Waals surface area contributed by atoms with Crippen LogP contribution in [0.4, 0.5) is 11.4 Å². The van der Waals surface area contributed by atoms with Crippen molar-refractivity contribution in [3.63, 3.8) is 0 Å². The van der Waals surface area contributed by atoms with Crippen molar-refractivity contribution in [2.75, 3.05) is 49.7 Å². The molecule has 0 spiro atoms. The SMILES string of the molecule is CCOc1cc(N2CCOCC2)c(OCC)cc1NC(=O)c1ccc(Cn2cccn2)o1. The third kappa shape index (κ3) is 5.05. The molecule has 0 saturated carbocycles. The fourth-order valence-electron chi connectivity index (χ4n) is 3.57. The van der Waals surface area contributed by atoms with E-state index in [4.69, 9.17) is 18.6 Å². The Labute approximate surface area is 186 Å². The van der Waals surface area contributed by atoms with E-state index in [9.17, 15) is 4.79 Å². The van der Waals surface area contributed by atoms with Gasteiger partial charge in [-0.2, -0.15) is 5.10 Å². The maximum absolute atomic E-state index is 12.9. The highest BCUT2D eigenvalue weighted by Gasteiger charge is 2.21. The maximum Gasteiger partial charge on any atom is 0.291 e. The van der Waals surface area contributed by atoms with Gasteiger partial charge >= 0.3 is 0 Å². The fraction of sp³-hybridized carbons (Fsp3) is 0.391. The van der Waals surface area contributed by atoms with Crippen LogP contribution < -0.4 is 19.7 Å². The molecule has 2 aromatic heterocycles. The Balaban J connectivity index is 1.56. The van der Waals surface area contributed by atoms with Gasteiger partial charge in [0.15, 0.2) is 5.76 Å². The number of hydrogen-bond donors (Lipinski definition) is 1. The highest BCUT2D eigenvalue weighted by Crippen LogP contribution is 2.39. The summed E-state index contributed by atoms with van der Waals surface area (Å²) in [5.41, 5.74) is 1.46. The zero-order chi connectivity index (χ0) is 22.3. The van der Waals surface area contributed by atoms with Gasteiger partial charge < -0.3 is 28.8 Å². The minimum absolute atomic E-state index is 0.213. The number of ether oxygens (including phenoxy) is 3. The van der Waals surface area contributed by atoms with Crippen molar-refractivity contribution < 1.29 is 23.4 Å². The first-order valence-electron chi connectivity index (χ1n) is 10.8. The topological polar surface area (TPSA) is 91.0 Å². The maximum atomic E-state index is 12.9. The molecule has 3 aromatic rings. The number of hydrogen-bond acceptors (Lipinski definition) is 7. The molecular formula is C23H28N4O5. The van der Waals surface area contributed by atoms with E-state index in [1.54, 1.807) is 23.0 Å². The van der Waals surface area contributed by atoms with Crippen molar-refractivity contribution in [2.24, 2.45) is 0 Å². The van der Waals surface area contributed by atoms with Gasteiger partial charge in [0.25, 0.3) is 5.91 Å². The van der Waals surface area contributed by atoms with E-state index in [2.05, 4.69) is 15.3 Å². The first-order valence-corrected chi connectivity index (χ1v) is 10.8. The van der Waals surface area contributed by atoms with E-state index >= 15 is 0 Å². The molecule has 3 heterocycles. The first-order chi connectivity index (χ1) is 15.7. The summed E-state index contributed by atoms with van der Waals surface area (Å²) < 4.78 is 24.7. The summed E-state index contributed by atoms with van der Waals surface area (Å²) in [7, 11) is 0. The Morgan fingerprint density at radius 2 is 1.91 bits per heavy atom. The molecule has 0 atom stereocenters. The number of amides is 1. The van der Waals surface area contributed by atoms with Gasteiger partial charge in [-0.1, -0.05) is 0 Å². The van der Waals surface area contributed by atoms with E-state index < -0.39 is 0 Å². The van der Waals surface area contributed by atoms with Gasteiger partial charge in [-0.3, -0.25) is 9.48 Å². The van der Waals surface area contributed by atoms with Crippen molar-refractivity contribution in [3.8, 4) is 11.5 Å². The molecule has 1 fully saturated rings. The molecular weight excluding hydrogens is 412 g/mol. The van der Waals surface area contributed by atoms with Crippen molar-refractivity contribution in [3.05, 3.63) is 54.2 Å². The number of nitrogens with zero attached hydrogens (tertiary/aromatic N) is 3. The van der Waals surface area contributed by atoms with Crippen molar-refractivity contribution in [1.82, 2.24) is 9.78 Å². The van der Waals surface area contributed by atoms with Crippen LogP contribution >= 0.6 is 0 Å². The molecule has 4 rings (SSSR count). The van der Waals surface area contributed by atoms with Crippen LogP contribution in [0, 0.1) is 0 Å². The predicted octanol–water partition coefficient (Wildman–Crippen LogP) is 3.41. The second-order valence-corrected chi connectivity index (χ2v) is 7.21. The smallest absolute Gasteiger partial charge is 0.291 e. The Morgan fingerprint density at radius 1 is 1.12 bits per heavy atom. The van der Waals surface area contributed by atoms with Crippen LogP contribution in [-0.2, 0) is 11.3 Å². The predicted molar refractivity (Wildman–Crippen MR) is 120 cm³/mol. The van der Waals surface area contributed by atoms with E-state index in [0.29, 0.717) is 55.9 Å². The highest BCUT2D eigenvalue weighted by molar-refractivity contribution is 6.03. The summed E-state index contributed by atoms with van der Waals surface area (Å²) in [4.78, 5) is 15.1. The zero-order valence-corrected chi connectivity index (χ0v) is 18.4. The van der Waals surface area contributed by atoms with Crippen LogP contribution in [0.15, 0.2) is 47.1 Å². The summed E-state index contributed by atoms with van der Waals surface area (Å²) in [6.45, 7) is 8.12. The quantitative estimate of drug-likeness (QED) is 0.545. The van der Waals surface area contributed by atoms with Gasteiger partial charge in [-0.15, -0.1) is 0 Å². The number of carbonyl (C=O) groups excluding carboxylic acids is 1. The van der Waals surface area contributed by atoms with E-state index in [-0.39, 0.29) is 11.7 Å². The molecule has 1 amide bonds. The molecule has 9 heteroatoms. The van der Waals surface area contributed by atoms with Gasteiger partial charge in [0.1, 0.15) is 17.3 Å². The third-order valence-corrected chi connectivity index (χ3v) is 5.02. The minimum Gasteiger partial charge on any atom is -0.492 e. The molecule has 0 bridgehead atoms. The second kappa shape index (κ2) is 10.2. The standard InChI is InChI=1S/C23H28N4O5/c1-3-30-21-15-19(26-10-12-29-13-11-26)22(31-4-2)14-18(21)25-23(28)20-7-6-17(32-20)16-27-9-5-8-24-27/h5-9,14-15H,3-4,10-13,16H2,1-2H3,(H,25,28). The van der Waals surface area contributed by atoms with Gasteiger partial charge in [-0.25, -0.2) is 0 Å². The summed E-state index contributed by atoms with van der Waals surface area (Å²) in [6.07, 6.45) is 3.53. The van der Waals surface area contributed by atoms with Gasteiger partial charge in [0.05, 0.1) is 44.3 Å². The summed E-state index contributed by atoms with van der Waals surface area (Å²) in [5.74, 6) is 1.76. The van der Waals surface area contributed by atoms with Gasteiger partial charge in [-0.05, 0) is 32.0 Å². The molecule has 32 heavy (non-hydrogen) atoms. The number of morpholine rings is 1. The van der Waals surface area contributed by atoms with E-state index in [0.717, 1.165) is 18.8 Å². The highest BCUT2D eigenvalue weighted by atomic mass is 16.5. The van der Waals surface area contributed by atoms with Crippen LogP contribution in [0.2, 0.25) is 0 Å². The van der Waals surface area contributed by atoms with Crippen LogP contribution in [0.1, 0.15) is 30.2 Å². The average Bonchev–Trinajstić information content (AvgIpc) is 3.49. The third-order valence-electron chi connectivity index (χ3n) is 5.02. The largest absolute Gasteiger partial charge is 0.492 e. The van der Waals surface area contributed by atoms with Crippen molar-refractivity contribution in [2.45, 2.75) is 20.4 Å². The van der Waals surface area contributed by atoms with Crippen LogP contribution in [0.3, 0.4) is 0 Å². The number of anilines is 2. The monoisotopic (exact) mass is 440 g/mol. The van der Waals surface area contributed by atoms with E-state index in [1.165, 1.54) is 0 Å². The fourth-order valence-corrected chi connectivity index (χ4v) is 3.57. The summed E-state index contributed by atoms with van der Waals surface area (Å²) in [6, 6.07) is 8.99. The molecule has 1 aromatic carbocycles. The lowest BCUT2D eigenvalue weighted by Gasteiger charge is -2.31. The molecule has 1 aliphatic heterocycles. The number of carbonyl (C=O) groups is 1. The number of benzene rings is 1. The molecule has 0 unspecified atom stereocenters. The number of rotatable bonds is 9. The second-order valence-electron chi connectivity index (χ2n) is 7.21. The lowest BCUT2D eigenvalue weighted by molar-refractivity contribution is 0.0994. The Morgan fingerprint density at radius 3 is 2.62 bits per heavy atom. The van der Waals surface area contributed by atoms with Crippen LogP contribution in [0.25, 0.3) is 0 Å². The Bertz CT molecular complexity index is 1030. The average molecular weight is 441 g/mol. The Kier molecular flexibility index (Phi) is 6.96. The zero-order valence-electron chi connectivity index (χ0n) is 18.4. The number of furan rings is 1. The van der Waals surface area contributed by atoms with E-state index in [1.807, 2.05) is 38.2 Å². The Hall–Kier alpha value is -3.46. The molecule has 1 saturated heterocycles. The molecule has 0 aliphatic carbocycles. The van der Waals surface area contributed by atoms with Crippen molar-refractivity contribution in [1.29, 1.82) is 0 Å². The van der Waals surface area contributed by atoms with Gasteiger partial charge in [0.2, 0.25) is 0 Å². The first kappa shape index (κ1) is 21.8. The molecule has 170 valence electrons.